The lowest BCUT2D eigenvalue weighted by Gasteiger charge is -2.24. The van der Waals surface area contributed by atoms with Gasteiger partial charge in [-0.25, -0.2) is 0 Å². The van der Waals surface area contributed by atoms with Crippen LogP contribution in [0.3, 0.4) is 0 Å². The molecule has 1 unspecified atom stereocenters. The van der Waals surface area contributed by atoms with E-state index in [-0.39, 0.29) is 36.0 Å². The average molecular weight is 429 g/mol. The molecule has 1 aliphatic rings. The zero-order valence-corrected chi connectivity index (χ0v) is 17.7. The quantitative estimate of drug-likeness (QED) is 0.645. The fourth-order valence-electron chi connectivity index (χ4n) is 3.10. The Bertz CT molecular complexity index is 899. The van der Waals surface area contributed by atoms with Gasteiger partial charge < -0.3 is 14.8 Å². The van der Waals surface area contributed by atoms with Gasteiger partial charge in [-0.05, 0) is 48.9 Å². The van der Waals surface area contributed by atoms with Gasteiger partial charge in [0.25, 0.3) is 0 Å². The van der Waals surface area contributed by atoms with Gasteiger partial charge in [0.1, 0.15) is 11.1 Å². The maximum atomic E-state index is 12.5. The van der Waals surface area contributed by atoms with Crippen molar-refractivity contribution in [1.82, 2.24) is 0 Å². The van der Waals surface area contributed by atoms with Crippen LogP contribution in [0.2, 0.25) is 0 Å². The number of rotatable bonds is 8. The van der Waals surface area contributed by atoms with Crippen molar-refractivity contribution in [2.75, 3.05) is 29.7 Å². The molecule has 2 aromatic carbocycles. The Morgan fingerprint density at radius 2 is 1.80 bits per heavy atom. The number of methoxy groups -OCH3 is 1. The molecule has 8 heteroatoms. The van der Waals surface area contributed by atoms with E-state index in [1.165, 1.54) is 0 Å². The topological polar surface area (TPSA) is 84.9 Å². The summed E-state index contributed by atoms with van der Waals surface area (Å²) in [6.07, 6.45) is 0.119. The number of hydrogen-bond acceptors (Lipinski definition) is 6. The van der Waals surface area contributed by atoms with Gasteiger partial charge in [0.05, 0.1) is 25.9 Å². The van der Waals surface area contributed by atoms with E-state index in [0.29, 0.717) is 18.0 Å². The molecule has 3 rings (SSSR count). The summed E-state index contributed by atoms with van der Waals surface area (Å²) in [5.41, 5.74) is 2.41. The smallest absolute Gasteiger partial charge is 0.306 e. The summed E-state index contributed by atoms with van der Waals surface area (Å²) in [5, 5.41) is 2.63. The summed E-state index contributed by atoms with van der Waals surface area (Å²) in [5.74, 6) is 0.554. The van der Waals surface area contributed by atoms with Crippen molar-refractivity contribution in [2.24, 2.45) is 0 Å². The molecule has 1 heterocycles. The number of benzene rings is 2. The van der Waals surface area contributed by atoms with E-state index < -0.39 is 0 Å². The third kappa shape index (κ3) is 5.33. The van der Waals surface area contributed by atoms with Crippen molar-refractivity contribution >= 4 is 40.9 Å². The second kappa shape index (κ2) is 10.2. The van der Waals surface area contributed by atoms with Gasteiger partial charge in [0.2, 0.25) is 11.8 Å². The van der Waals surface area contributed by atoms with Crippen LogP contribution in [-0.4, -0.2) is 37.3 Å². The van der Waals surface area contributed by atoms with Crippen molar-refractivity contribution in [1.29, 1.82) is 0 Å². The van der Waals surface area contributed by atoms with Crippen LogP contribution in [0.5, 0.6) is 5.75 Å². The van der Waals surface area contributed by atoms with Gasteiger partial charge in [-0.2, -0.15) is 0 Å². The first-order chi connectivity index (χ1) is 14.5. The predicted octanol–water partition coefficient (Wildman–Crippen LogP) is 3.76. The number of thioether (sulfide) groups is 1. The molecule has 30 heavy (non-hydrogen) atoms. The molecule has 1 fully saturated rings. The van der Waals surface area contributed by atoms with Crippen LogP contribution >= 0.6 is 11.8 Å². The number of nitrogens with one attached hydrogen (secondary N) is 1. The number of hydrogen-bond donors (Lipinski definition) is 1. The van der Waals surface area contributed by atoms with Crippen LogP contribution in [0.15, 0.2) is 48.5 Å². The third-order valence-electron chi connectivity index (χ3n) is 4.56. The van der Waals surface area contributed by atoms with Crippen LogP contribution in [-0.2, 0) is 19.1 Å². The zero-order valence-electron chi connectivity index (χ0n) is 16.9. The van der Waals surface area contributed by atoms with E-state index in [2.05, 4.69) is 5.32 Å². The van der Waals surface area contributed by atoms with Crippen LogP contribution < -0.4 is 15.0 Å². The number of anilines is 2. The van der Waals surface area contributed by atoms with E-state index in [4.69, 9.17) is 9.47 Å². The maximum Gasteiger partial charge on any atom is 0.306 e. The first-order valence-corrected chi connectivity index (χ1v) is 10.7. The summed E-state index contributed by atoms with van der Waals surface area (Å²) in [4.78, 5) is 37.6. The lowest BCUT2D eigenvalue weighted by molar-refractivity contribution is -0.144. The Balaban J connectivity index is 1.65. The minimum absolute atomic E-state index is 0.0477. The molecular formula is C22H24N2O5S. The van der Waals surface area contributed by atoms with Crippen LogP contribution in [0, 0.1) is 0 Å². The highest BCUT2D eigenvalue weighted by atomic mass is 32.2. The SMILES string of the molecule is CCOC(=O)CCC(=O)Nc1ccc(C2SCC(=O)N2c2ccc(OC)cc2)cc1. The standard InChI is InChI=1S/C22H24N2O5S/c1-3-29-21(27)13-12-19(25)23-16-6-4-15(5-7-16)22-24(20(26)14-30-22)17-8-10-18(28-2)11-9-17/h4-11,22H,3,12-14H2,1-2H3,(H,23,25). The van der Waals surface area contributed by atoms with Gasteiger partial charge in [-0.1, -0.05) is 12.1 Å². The van der Waals surface area contributed by atoms with Crippen LogP contribution in [0.1, 0.15) is 30.7 Å². The van der Waals surface area contributed by atoms with Crippen molar-refractivity contribution in [3.05, 3.63) is 54.1 Å². The zero-order chi connectivity index (χ0) is 21.5. The molecule has 1 atom stereocenters. The lowest BCUT2D eigenvalue weighted by atomic mass is 10.1. The normalized spacial score (nSPS) is 15.7. The molecule has 7 nitrogen and oxygen atoms in total. The van der Waals surface area contributed by atoms with E-state index in [0.717, 1.165) is 17.0 Å². The fraction of sp³-hybridized carbons (Fsp3) is 0.318. The minimum atomic E-state index is -0.385. The Morgan fingerprint density at radius 1 is 1.10 bits per heavy atom. The van der Waals surface area contributed by atoms with Gasteiger partial charge in [0.15, 0.2) is 0 Å². The van der Waals surface area contributed by atoms with E-state index in [9.17, 15) is 14.4 Å². The fourth-order valence-corrected chi connectivity index (χ4v) is 4.27. The van der Waals surface area contributed by atoms with E-state index in [1.54, 1.807) is 42.8 Å². The van der Waals surface area contributed by atoms with Crippen molar-refractivity contribution in [2.45, 2.75) is 25.1 Å². The van der Waals surface area contributed by atoms with Crippen molar-refractivity contribution < 1.29 is 23.9 Å². The summed E-state index contributed by atoms with van der Waals surface area (Å²) < 4.78 is 10.0. The molecular weight excluding hydrogens is 404 g/mol. The molecule has 0 aromatic heterocycles. The molecule has 2 amide bonds. The highest BCUT2D eigenvalue weighted by Gasteiger charge is 2.34. The molecule has 2 aromatic rings. The molecule has 1 saturated heterocycles. The number of carbonyl (C=O) groups is 3. The minimum Gasteiger partial charge on any atom is -0.497 e. The monoisotopic (exact) mass is 428 g/mol. The molecule has 0 bridgehead atoms. The Labute approximate surface area is 179 Å². The number of amides is 2. The number of esters is 1. The second-order valence-corrected chi connectivity index (χ2v) is 7.67. The Hall–Kier alpha value is -3.00. The molecule has 0 saturated carbocycles. The van der Waals surface area contributed by atoms with E-state index >= 15 is 0 Å². The molecule has 1 aliphatic heterocycles. The number of nitrogens with zero attached hydrogens (tertiary/aromatic N) is 1. The predicted molar refractivity (Wildman–Crippen MR) is 117 cm³/mol. The van der Waals surface area contributed by atoms with Crippen LogP contribution in [0.25, 0.3) is 0 Å². The van der Waals surface area contributed by atoms with Crippen molar-refractivity contribution in [3.8, 4) is 5.75 Å². The Kier molecular flexibility index (Phi) is 7.35. The molecule has 0 aliphatic carbocycles. The average Bonchev–Trinajstić information content (AvgIpc) is 3.14. The summed E-state index contributed by atoms with van der Waals surface area (Å²) in [7, 11) is 1.60. The highest BCUT2D eigenvalue weighted by molar-refractivity contribution is 8.00. The van der Waals surface area contributed by atoms with E-state index in [1.807, 2.05) is 36.4 Å². The van der Waals surface area contributed by atoms with Gasteiger partial charge in [-0.15, -0.1) is 11.8 Å². The summed E-state index contributed by atoms with van der Waals surface area (Å²) >= 11 is 1.56. The first-order valence-electron chi connectivity index (χ1n) is 9.65. The van der Waals surface area contributed by atoms with Crippen LogP contribution in [0.4, 0.5) is 11.4 Å². The second-order valence-electron chi connectivity index (χ2n) is 6.60. The maximum absolute atomic E-state index is 12.5. The Morgan fingerprint density at radius 3 is 2.43 bits per heavy atom. The lowest BCUT2D eigenvalue weighted by Crippen LogP contribution is -2.27. The molecule has 158 valence electrons. The first kappa shape index (κ1) is 21.7. The third-order valence-corrected chi connectivity index (χ3v) is 5.77. The largest absolute Gasteiger partial charge is 0.497 e. The molecule has 0 spiro atoms. The van der Waals surface area contributed by atoms with Gasteiger partial charge in [0, 0.05) is 17.8 Å². The summed E-state index contributed by atoms with van der Waals surface area (Å²) in [6, 6.07) is 14.8. The molecule has 1 N–H and O–H groups in total. The highest BCUT2D eigenvalue weighted by Crippen LogP contribution is 2.42. The van der Waals surface area contributed by atoms with Gasteiger partial charge >= 0.3 is 5.97 Å². The molecule has 0 radical (unpaired) electrons. The van der Waals surface area contributed by atoms with Crippen molar-refractivity contribution in [3.63, 3.8) is 0 Å². The van der Waals surface area contributed by atoms with Gasteiger partial charge in [-0.3, -0.25) is 19.3 Å². The summed E-state index contributed by atoms with van der Waals surface area (Å²) in [6.45, 7) is 2.03. The number of carbonyl (C=O) groups excluding carboxylic acids is 3. The number of ether oxygens (including phenoxy) is 2.